The van der Waals surface area contributed by atoms with E-state index in [0.717, 1.165) is 5.92 Å². The number of hydrogen-bond acceptors (Lipinski definition) is 1. The average Bonchev–Trinajstić information content (AvgIpc) is 1.94. The van der Waals surface area contributed by atoms with Gasteiger partial charge in [-0.05, 0) is 47.8 Å². The van der Waals surface area contributed by atoms with Gasteiger partial charge in [-0.3, -0.25) is 0 Å². The van der Waals surface area contributed by atoms with Crippen LogP contribution in [0.2, 0.25) is 0 Å². The molecule has 4 atom stereocenters. The normalized spacial score (nSPS) is 60.2. The van der Waals surface area contributed by atoms with Crippen molar-refractivity contribution in [3.05, 3.63) is 0 Å². The van der Waals surface area contributed by atoms with E-state index in [1.165, 1.54) is 25.7 Å². The minimum absolute atomic E-state index is 0.300. The quantitative estimate of drug-likeness (QED) is 0.726. The summed E-state index contributed by atoms with van der Waals surface area (Å²) >= 11 is 3.99. The Morgan fingerprint density at radius 1 is 1.13 bits per heavy atom. The fourth-order valence-corrected chi connectivity index (χ4v) is 8.35. The second-order valence-electron chi connectivity index (χ2n) is 7.51. The zero-order valence-electron chi connectivity index (χ0n) is 9.94. The third-order valence-electron chi connectivity index (χ3n) is 5.20. The fourth-order valence-electron chi connectivity index (χ4n) is 5.99. The van der Waals surface area contributed by atoms with Crippen molar-refractivity contribution in [1.29, 1.82) is 0 Å². The Bertz CT molecular complexity index is 300. The number of halogens is 1. The Morgan fingerprint density at radius 3 is 2.33 bits per heavy atom. The summed E-state index contributed by atoms with van der Waals surface area (Å²) in [5.41, 5.74) is 1.26. The van der Waals surface area contributed by atoms with E-state index in [1.807, 2.05) is 0 Å². The summed E-state index contributed by atoms with van der Waals surface area (Å²) in [7, 11) is 0. The van der Waals surface area contributed by atoms with Gasteiger partial charge in [0.25, 0.3) is 0 Å². The summed E-state index contributed by atoms with van der Waals surface area (Å²) in [6.07, 6.45) is 5.06. The molecule has 3 aliphatic rings. The summed E-state index contributed by atoms with van der Waals surface area (Å²) in [6.45, 7) is 7.63. The van der Waals surface area contributed by atoms with Gasteiger partial charge in [0.1, 0.15) is 0 Å². The Kier molecular flexibility index (Phi) is 1.75. The predicted octanol–water partition coefficient (Wildman–Crippen LogP) is 3.35. The molecule has 0 spiro atoms. The highest BCUT2D eigenvalue weighted by atomic mass is 79.9. The van der Waals surface area contributed by atoms with E-state index in [-0.39, 0.29) is 0 Å². The van der Waals surface area contributed by atoms with Crippen LogP contribution in [0.3, 0.4) is 0 Å². The van der Waals surface area contributed by atoms with E-state index < -0.39 is 0 Å². The summed E-state index contributed by atoms with van der Waals surface area (Å²) in [5, 5.41) is 9.56. The van der Waals surface area contributed by atoms with Crippen LogP contribution in [0.15, 0.2) is 0 Å². The third kappa shape index (κ3) is 1.08. The topological polar surface area (TPSA) is 20.2 Å². The molecule has 86 valence electrons. The van der Waals surface area contributed by atoms with Gasteiger partial charge in [-0.2, -0.15) is 0 Å². The molecule has 0 aromatic carbocycles. The molecule has 3 fully saturated rings. The highest BCUT2D eigenvalue weighted by Gasteiger charge is 2.78. The molecule has 1 nitrogen and oxygen atoms in total. The molecular formula is C13H21BrO. The van der Waals surface area contributed by atoms with Crippen molar-refractivity contribution in [3.8, 4) is 0 Å². The van der Waals surface area contributed by atoms with E-state index >= 15 is 0 Å². The van der Waals surface area contributed by atoms with Crippen LogP contribution in [-0.4, -0.2) is 16.0 Å². The Balaban J connectivity index is 1.95. The van der Waals surface area contributed by atoms with Crippen LogP contribution < -0.4 is 0 Å². The summed E-state index contributed by atoms with van der Waals surface area (Å²) in [4.78, 5) is 0. The second-order valence-corrected chi connectivity index (χ2v) is 9.09. The number of rotatable bonds is 1. The summed E-state index contributed by atoms with van der Waals surface area (Å²) in [5.74, 6) is 0.732. The average molecular weight is 273 g/mol. The smallest absolute Gasteiger partial charge is 0.0491 e. The lowest BCUT2D eigenvalue weighted by Gasteiger charge is -2.80. The lowest BCUT2D eigenvalue weighted by Crippen LogP contribution is -2.77. The molecule has 0 aliphatic heterocycles. The molecule has 0 heterocycles. The van der Waals surface area contributed by atoms with Crippen LogP contribution in [-0.2, 0) is 0 Å². The van der Waals surface area contributed by atoms with Crippen LogP contribution >= 0.6 is 15.9 Å². The molecule has 0 amide bonds. The van der Waals surface area contributed by atoms with Gasteiger partial charge in [-0.1, -0.05) is 36.7 Å². The van der Waals surface area contributed by atoms with Crippen LogP contribution in [0.25, 0.3) is 0 Å². The third-order valence-corrected chi connectivity index (χ3v) is 6.22. The zero-order chi connectivity index (χ0) is 11.1. The maximum Gasteiger partial charge on any atom is 0.0491 e. The maximum atomic E-state index is 9.56. The van der Waals surface area contributed by atoms with E-state index in [1.54, 1.807) is 0 Å². The predicted molar refractivity (Wildman–Crippen MR) is 65.0 cm³/mol. The minimum atomic E-state index is 0.300. The van der Waals surface area contributed by atoms with Crippen molar-refractivity contribution < 1.29 is 5.11 Å². The molecule has 3 aliphatic carbocycles. The molecule has 4 unspecified atom stereocenters. The van der Waals surface area contributed by atoms with E-state index in [4.69, 9.17) is 0 Å². The highest BCUT2D eigenvalue weighted by Crippen LogP contribution is 2.82. The largest absolute Gasteiger partial charge is 0.396 e. The van der Waals surface area contributed by atoms with Crippen molar-refractivity contribution in [2.24, 2.45) is 22.2 Å². The van der Waals surface area contributed by atoms with Gasteiger partial charge in [-0.25, -0.2) is 0 Å². The summed E-state index contributed by atoms with van der Waals surface area (Å²) in [6, 6.07) is 0. The van der Waals surface area contributed by atoms with E-state index in [2.05, 4.69) is 36.7 Å². The van der Waals surface area contributed by atoms with Crippen molar-refractivity contribution in [1.82, 2.24) is 0 Å². The Hall–Kier alpha value is 0.440. The van der Waals surface area contributed by atoms with Gasteiger partial charge in [0.15, 0.2) is 0 Å². The van der Waals surface area contributed by atoms with Crippen molar-refractivity contribution in [3.63, 3.8) is 0 Å². The lowest BCUT2D eigenvalue weighted by molar-refractivity contribution is -0.275. The van der Waals surface area contributed by atoms with Crippen molar-refractivity contribution in [2.75, 3.05) is 6.61 Å². The zero-order valence-corrected chi connectivity index (χ0v) is 11.5. The lowest BCUT2D eigenvalue weighted by atomic mass is 9.28. The van der Waals surface area contributed by atoms with Crippen molar-refractivity contribution in [2.45, 2.75) is 50.8 Å². The second kappa shape index (κ2) is 2.48. The highest BCUT2D eigenvalue weighted by molar-refractivity contribution is 9.10. The first-order valence-corrected chi connectivity index (χ1v) is 6.85. The number of aliphatic hydroxyl groups excluding tert-OH is 1. The van der Waals surface area contributed by atoms with Crippen LogP contribution in [0.5, 0.6) is 0 Å². The standard InChI is InChI=1S/C13H21BrO/c1-10(2)4-11(3)6-12(8-15)7-13(14,5-10)9(11)12/h9,15H,4-8H2,1-3H3. The molecule has 0 aromatic rings. The van der Waals surface area contributed by atoms with Crippen LogP contribution in [0.4, 0.5) is 0 Å². The Labute approximate surface area is 101 Å². The van der Waals surface area contributed by atoms with Gasteiger partial charge in [0, 0.05) is 10.9 Å². The van der Waals surface area contributed by atoms with E-state index in [9.17, 15) is 5.11 Å². The molecular weight excluding hydrogens is 252 g/mol. The first kappa shape index (κ1) is 10.6. The minimum Gasteiger partial charge on any atom is -0.396 e. The van der Waals surface area contributed by atoms with E-state index in [0.29, 0.717) is 27.2 Å². The van der Waals surface area contributed by atoms with Gasteiger partial charge in [-0.15, -0.1) is 0 Å². The fraction of sp³-hybridized carbons (Fsp3) is 1.00. The molecule has 15 heavy (non-hydrogen) atoms. The summed E-state index contributed by atoms with van der Waals surface area (Å²) < 4.78 is 0.352. The molecule has 0 aromatic heterocycles. The molecule has 2 heteroatoms. The Morgan fingerprint density at radius 2 is 1.80 bits per heavy atom. The van der Waals surface area contributed by atoms with Gasteiger partial charge in [0.05, 0.1) is 0 Å². The first-order valence-electron chi connectivity index (χ1n) is 6.05. The molecule has 0 bridgehead atoms. The van der Waals surface area contributed by atoms with Crippen molar-refractivity contribution >= 4 is 15.9 Å². The molecule has 3 rings (SSSR count). The SMILES string of the molecule is CC1(C)CC2(C)CC3(CO)CC(Br)(C1)C23. The molecule has 3 saturated carbocycles. The maximum absolute atomic E-state index is 9.56. The van der Waals surface area contributed by atoms with Gasteiger partial charge in [0.2, 0.25) is 0 Å². The van der Waals surface area contributed by atoms with Gasteiger partial charge < -0.3 is 5.11 Å². The molecule has 1 N–H and O–H groups in total. The van der Waals surface area contributed by atoms with Gasteiger partial charge >= 0.3 is 0 Å². The first-order chi connectivity index (χ1) is 6.76. The number of hydrogen-bond donors (Lipinski definition) is 1. The molecule has 0 saturated heterocycles. The van der Waals surface area contributed by atoms with Crippen LogP contribution in [0, 0.1) is 22.2 Å². The monoisotopic (exact) mass is 272 g/mol. The van der Waals surface area contributed by atoms with Crippen LogP contribution in [0.1, 0.15) is 46.5 Å². The molecule has 0 radical (unpaired) electrons. The number of aliphatic hydroxyl groups is 1. The number of alkyl halides is 1.